The summed E-state index contributed by atoms with van der Waals surface area (Å²) in [5.41, 5.74) is -0.589. The number of aryl methyl sites for hydroxylation is 1. The minimum Gasteiger partial charge on any atom is -0.304 e. The van der Waals surface area contributed by atoms with Crippen LogP contribution in [0.3, 0.4) is 0 Å². The molecule has 5 nitrogen and oxygen atoms in total. The largest absolute Gasteiger partial charge is 0.304 e. The molecule has 1 heterocycles. The van der Waals surface area contributed by atoms with E-state index in [0.29, 0.717) is 5.13 Å². The van der Waals surface area contributed by atoms with Crippen molar-refractivity contribution in [2.75, 3.05) is 11.9 Å². The van der Waals surface area contributed by atoms with Crippen LogP contribution in [0.5, 0.6) is 0 Å². The summed E-state index contributed by atoms with van der Waals surface area (Å²) in [6, 6.07) is 0. The number of hydrogen-bond acceptors (Lipinski definition) is 5. The predicted octanol–water partition coefficient (Wildman–Crippen LogP) is 1.17. The van der Waals surface area contributed by atoms with Crippen LogP contribution in [-0.2, 0) is 4.79 Å². The minimum absolute atomic E-state index is 0.0968. The van der Waals surface area contributed by atoms with Crippen LogP contribution in [0.2, 0.25) is 0 Å². The van der Waals surface area contributed by atoms with Gasteiger partial charge in [-0.2, -0.15) is 0 Å². The molecule has 0 aromatic carbocycles. The number of nitrogens with one attached hydrogen (secondary N) is 2. The van der Waals surface area contributed by atoms with Gasteiger partial charge in [0, 0.05) is 0 Å². The third-order valence-electron chi connectivity index (χ3n) is 1.93. The molecule has 0 radical (unpaired) electrons. The number of rotatable bonds is 4. The summed E-state index contributed by atoms with van der Waals surface area (Å²) in [5.74, 6) is -0.0968. The van der Waals surface area contributed by atoms with E-state index in [-0.39, 0.29) is 5.91 Å². The van der Waals surface area contributed by atoms with Crippen molar-refractivity contribution in [2.24, 2.45) is 0 Å². The van der Waals surface area contributed by atoms with Crippen molar-refractivity contribution in [3.63, 3.8) is 0 Å². The Hall–Kier alpha value is -1.01. The average molecular weight is 228 g/mol. The summed E-state index contributed by atoms with van der Waals surface area (Å²) in [6.45, 7) is 8.22. The molecule has 1 amide bonds. The Morgan fingerprint density at radius 2 is 2.13 bits per heavy atom. The second-order valence-electron chi connectivity index (χ2n) is 3.74. The summed E-state index contributed by atoms with van der Waals surface area (Å²) in [4.78, 5) is 11.8. The molecular formula is C9H16N4OS. The van der Waals surface area contributed by atoms with Crippen molar-refractivity contribution < 1.29 is 4.79 Å². The summed E-state index contributed by atoms with van der Waals surface area (Å²) in [7, 11) is 0. The van der Waals surface area contributed by atoms with Crippen LogP contribution in [0.15, 0.2) is 0 Å². The third kappa shape index (κ3) is 3.24. The van der Waals surface area contributed by atoms with Crippen LogP contribution in [0.4, 0.5) is 5.13 Å². The van der Waals surface area contributed by atoms with Gasteiger partial charge in [0.25, 0.3) is 0 Å². The fourth-order valence-corrected chi connectivity index (χ4v) is 1.71. The normalized spacial score (nSPS) is 11.5. The Morgan fingerprint density at radius 1 is 1.47 bits per heavy atom. The van der Waals surface area contributed by atoms with Gasteiger partial charge in [-0.05, 0) is 27.3 Å². The first kappa shape index (κ1) is 12.1. The average Bonchev–Trinajstić information content (AvgIpc) is 2.51. The van der Waals surface area contributed by atoms with Crippen molar-refractivity contribution >= 4 is 22.4 Å². The molecule has 0 atom stereocenters. The zero-order valence-electron chi connectivity index (χ0n) is 9.42. The molecule has 0 aliphatic heterocycles. The molecule has 0 unspecified atom stereocenters. The van der Waals surface area contributed by atoms with Crippen molar-refractivity contribution in [1.29, 1.82) is 0 Å². The molecule has 0 bridgehead atoms. The van der Waals surface area contributed by atoms with E-state index >= 15 is 0 Å². The molecule has 0 saturated heterocycles. The molecule has 1 aromatic rings. The summed E-state index contributed by atoms with van der Waals surface area (Å²) < 4.78 is 0. The van der Waals surface area contributed by atoms with E-state index < -0.39 is 5.54 Å². The van der Waals surface area contributed by atoms with Crippen LogP contribution < -0.4 is 10.6 Å². The standard InChI is InChI=1S/C9H16N4OS/c1-5-10-9(3,4)7(14)11-8-13-12-6(2)15-8/h10H,5H2,1-4H3,(H,11,13,14). The number of carbonyl (C=O) groups excluding carboxylic acids is 1. The lowest BCUT2D eigenvalue weighted by Gasteiger charge is -2.23. The number of hydrogen-bond donors (Lipinski definition) is 2. The van der Waals surface area contributed by atoms with Crippen LogP contribution in [0.25, 0.3) is 0 Å². The molecule has 0 fully saturated rings. The summed E-state index contributed by atoms with van der Waals surface area (Å²) in [6.07, 6.45) is 0. The molecule has 84 valence electrons. The van der Waals surface area contributed by atoms with Crippen LogP contribution in [-0.4, -0.2) is 28.2 Å². The lowest BCUT2D eigenvalue weighted by Crippen LogP contribution is -2.49. The Kier molecular flexibility index (Phi) is 3.76. The quantitative estimate of drug-likeness (QED) is 0.812. The third-order valence-corrected chi connectivity index (χ3v) is 2.69. The van der Waals surface area contributed by atoms with Gasteiger partial charge in [-0.1, -0.05) is 18.3 Å². The first-order chi connectivity index (χ1) is 6.95. The van der Waals surface area contributed by atoms with Crippen molar-refractivity contribution in [1.82, 2.24) is 15.5 Å². The van der Waals surface area contributed by atoms with E-state index in [9.17, 15) is 4.79 Å². The Labute approximate surface area is 93.3 Å². The monoisotopic (exact) mass is 228 g/mol. The van der Waals surface area contributed by atoms with E-state index in [1.807, 2.05) is 27.7 Å². The second kappa shape index (κ2) is 4.67. The fourth-order valence-electron chi connectivity index (χ4n) is 1.12. The van der Waals surface area contributed by atoms with E-state index in [4.69, 9.17) is 0 Å². The SMILES string of the molecule is CCNC(C)(C)C(=O)Nc1nnc(C)s1. The van der Waals surface area contributed by atoms with Crippen LogP contribution in [0.1, 0.15) is 25.8 Å². The fraction of sp³-hybridized carbons (Fsp3) is 0.667. The predicted molar refractivity (Wildman–Crippen MR) is 61.0 cm³/mol. The number of anilines is 1. The highest BCUT2D eigenvalue weighted by atomic mass is 32.1. The number of aromatic nitrogens is 2. The topological polar surface area (TPSA) is 66.9 Å². The van der Waals surface area contributed by atoms with Gasteiger partial charge in [0.15, 0.2) is 0 Å². The lowest BCUT2D eigenvalue weighted by atomic mass is 10.1. The van der Waals surface area contributed by atoms with E-state index in [1.165, 1.54) is 11.3 Å². The van der Waals surface area contributed by atoms with E-state index in [2.05, 4.69) is 20.8 Å². The highest BCUT2D eigenvalue weighted by Gasteiger charge is 2.26. The van der Waals surface area contributed by atoms with E-state index in [1.54, 1.807) is 0 Å². The Balaban J connectivity index is 2.63. The van der Waals surface area contributed by atoms with Crippen molar-refractivity contribution in [3.8, 4) is 0 Å². The number of nitrogens with zero attached hydrogens (tertiary/aromatic N) is 2. The maximum absolute atomic E-state index is 11.8. The highest BCUT2D eigenvalue weighted by Crippen LogP contribution is 2.15. The van der Waals surface area contributed by atoms with Gasteiger partial charge in [-0.25, -0.2) is 0 Å². The Morgan fingerprint density at radius 3 is 2.60 bits per heavy atom. The summed E-state index contributed by atoms with van der Waals surface area (Å²) in [5, 5.41) is 14.9. The smallest absolute Gasteiger partial charge is 0.245 e. The molecule has 15 heavy (non-hydrogen) atoms. The molecule has 0 spiro atoms. The number of carbonyl (C=O) groups is 1. The zero-order valence-corrected chi connectivity index (χ0v) is 10.2. The first-order valence-electron chi connectivity index (χ1n) is 4.82. The van der Waals surface area contributed by atoms with Crippen molar-refractivity contribution in [3.05, 3.63) is 5.01 Å². The first-order valence-corrected chi connectivity index (χ1v) is 5.64. The zero-order chi connectivity index (χ0) is 11.5. The molecule has 1 rings (SSSR count). The Bertz CT molecular complexity index is 348. The van der Waals surface area contributed by atoms with Crippen LogP contribution in [0, 0.1) is 6.92 Å². The molecule has 1 aromatic heterocycles. The van der Waals surface area contributed by atoms with Gasteiger partial charge in [0.05, 0.1) is 5.54 Å². The lowest BCUT2D eigenvalue weighted by molar-refractivity contribution is -0.121. The van der Waals surface area contributed by atoms with Gasteiger partial charge in [-0.15, -0.1) is 10.2 Å². The highest BCUT2D eigenvalue weighted by molar-refractivity contribution is 7.15. The molecule has 2 N–H and O–H groups in total. The summed E-state index contributed by atoms with van der Waals surface area (Å²) >= 11 is 1.37. The molecule has 0 aliphatic carbocycles. The number of likely N-dealkylation sites (N-methyl/N-ethyl adjacent to an activating group) is 1. The van der Waals surface area contributed by atoms with Crippen LogP contribution >= 0.6 is 11.3 Å². The van der Waals surface area contributed by atoms with Crippen molar-refractivity contribution in [2.45, 2.75) is 33.2 Å². The molecule has 6 heteroatoms. The molecular weight excluding hydrogens is 212 g/mol. The van der Waals surface area contributed by atoms with Gasteiger partial charge >= 0.3 is 0 Å². The minimum atomic E-state index is -0.589. The molecule has 0 aliphatic rings. The molecule has 0 saturated carbocycles. The van der Waals surface area contributed by atoms with Gasteiger partial charge in [0.2, 0.25) is 11.0 Å². The number of amides is 1. The maximum atomic E-state index is 11.8. The van der Waals surface area contributed by atoms with E-state index in [0.717, 1.165) is 11.6 Å². The van der Waals surface area contributed by atoms with Gasteiger partial charge < -0.3 is 5.32 Å². The second-order valence-corrected chi connectivity index (χ2v) is 4.92. The van der Waals surface area contributed by atoms with Gasteiger partial charge in [0.1, 0.15) is 5.01 Å². The van der Waals surface area contributed by atoms with Gasteiger partial charge in [-0.3, -0.25) is 10.1 Å². The maximum Gasteiger partial charge on any atom is 0.245 e.